The second-order valence-electron chi connectivity index (χ2n) is 14.3. The van der Waals surface area contributed by atoms with Crippen LogP contribution in [-0.4, -0.2) is 170 Å². The Bertz CT molecular complexity index is 2610. The fraction of sp³-hybridized carbons (Fsp3) is 0.500. The first kappa shape index (κ1) is 55.8. The quantitative estimate of drug-likeness (QED) is 0.0292. The zero-order valence-electron chi connectivity index (χ0n) is 36.1. The van der Waals surface area contributed by atoms with Crippen LogP contribution in [-0.2, 0) is 13.1 Å². The van der Waals surface area contributed by atoms with Gasteiger partial charge in [-0.15, -0.1) is 46.4 Å². The highest BCUT2D eigenvalue weighted by molar-refractivity contribution is 6.19. The molecule has 0 bridgehead atoms. The first-order chi connectivity index (χ1) is 31.7. The van der Waals surface area contributed by atoms with Gasteiger partial charge in [-0.25, -0.2) is 19.6 Å². The van der Waals surface area contributed by atoms with Crippen LogP contribution in [0.15, 0.2) is 43.4 Å². The van der Waals surface area contributed by atoms with E-state index in [0.29, 0.717) is 71.8 Å². The van der Waals surface area contributed by atoms with Crippen LogP contribution in [0.4, 0.5) is 11.4 Å². The minimum Gasteiger partial charge on any atom is -0.396 e. The molecule has 4 aliphatic heterocycles. The summed E-state index contributed by atoms with van der Waals surface area (Å²) in [4.78, 5) is 73.6. The molecule has 26 heteroatoms. The Morgan fingerprint density at radius 3 is 1.23 bits per heavy atom. The van der Waals surface area contributed by atoms with E-state index < -0.39 is 47.9 Å². The SMILES string of the molecule is Cc1cc2c(cc1N(CCCl)CCCl)nc1c(=O)[nH]c(=O)nc-1n2CC(CO)CO.Cc1cc2nc3c(=O)[nH]c(=O)nc-3n(CC(CO)CO)c2cc1N(CCCl)CCCl.OCO.OCO. The number of H-pyrrole nitrogens is 2. The summed E-state index contributed by atoms with van der Waals surface area (Å²) in [6, 6.07) is 7.45. The monoisotopic (exact) mass is 1010 g/mol. The summed E-state index contributed by atoms with van der Waals surface area (Å²) >= 11 is 23.8. The van der Waals surface area contributed by atoms with Gasteiger partial charge in [-0.1, -0.05) is 0 Å². The Labute approximate surface area is 396 Å². The van der Waals surface area contributed by atoms with Crippen molar-refractivity contribution >= 4 is 79.8 Å². The molecular formula is C40H54Cl4N10O12. The Morgan fingerprint density at radius 1 is 0.530 bits per heavy atom. The number of fused-ring (bicyclic) bond motifs is 4. The minimum absolute atomic E-state index is 0.00719. The highest BCUT2D eigenvalue weighted by Crippen LogP contribution is 2.31. The molecule has 0 aliphatic carbocycles. The van der Waals surface area contributed by atoms with Gasteiger partial charge >= 0.3 is 11.4 Å². The van der Waals surface area contributed by atoms with Gasteiger partial charge in [0, 0.05) is 112 Å². The van der Waals surface area contributed by atoms with Crippen molar-refractivity contribution in [1.29, 1.82) is 0 Å². The van der Waals surface area contributed by atoms with E-state index in [4.69, 9.17) is 66.8 Å². The van der Waals surface area contributed by atoms with Gasteiger partial charge in [-0.05, 0) is 49.2 Å². The number of aryl methyl sites for hydroxylation is 2. The maximum Gasteiger partial charge on any atom is 0.349 e. The van der Waals surface area contributed by atoms with Crippen molar-refractivity contribution in [2.75, 3.05) is 99.5 Å². The van der Waals surface area contributed by atoms with Crippen molar-refractivity contribution in [3.05, 3.63) is 77.1 Å². The predicted octanol–water partition coefficient (Wildman–Crippen LogP) is -0.587. The van der Waals surface area contributed by atoms with Gasteiger partial charge in [-0.2, -0.15) is 9.97 Å². The predicted molar refractivity (Wildman–Crippen MR) is 253 cm³/mol. The number of aliphatic hydroxyl groups excluding tert-OH is 6. The minimum atomic E-state index is -0.787. The molecule has 0 atom stereocenters. The van der Waals surface area contributed by atoms with E-state index >= 15 is 0 Å². The number of alkyl halides is 4. The molecular weight excluding hydrogens is 954 g/mol. The molecule has 6 rings (SSSR count). The first-order valence-electron chi connectivity index (χ1n) is 20.2. The fourth-order valence-corrected chi connectivity index (χ4v) is 7.71. The molecule has 0 amide bonds. The normalized spacial score (nSPS) is 11.2. The maximum absolute atomic E-state index is 12.4. The fourth-order valence-electron chi connectivity index (χ4n) is 6.90. The first-order valence-corrected chi connectivity index (χ1v) is 22.3. The third-order valence-corrected chi connectivity index (χ3v) is 10.5. The number of aromatic nitrogens is 8. The molecule has 0 unspecified atom stereocenters. The van der Waals surface area contributed by atoms with Gasteiger partial charge in [0.25, 0.3) is 11.1 Å². The summed E-state index contributed by atoms with van der Waals surface area (Å²) in [6.07, 6.45) is 0. The highest BCUT2D eigenvalue weighted by atomic mass is 35.5. The Kier molecular flexibility index (Phi) is 23.6. The summed E-state index contributed by atoms with van der Waals surface area (Å²) < 4.78 is 3.30. The number of aliphatic hydroxyl groups is 8. The molecule has 10 N–H and O–H groups in total. The van der Waals surface area contributed by atoms with Gasteiger partial charge in [0.1, 0.15) is 13.6 Å². The molecule has 22 nitrogen and oxygen atoms in total. The van der Waals surface area contributed by atoms with Crippen molar-refractivity contribution in [3.8, 4) is 23.0 Å². The lowest BCUT2D eigenvalue weighted by atomic mass is 10.1. The van der Waals surface area contributed by atoms with Crippen LogP contribution in [0.3, 0.4) is 0 Å². The van der Waals surface area contributed by atoms with Gasteiger partial charge in [0.15, 0.2) is 23.0 Å². The molecule has 0 aromatic heterocycles. The topological polar surface area (TPSA) is 330 Å². The lowest BCUT2D eigenvalue weighted by molar-refractivity contribution is 0.0767. The van der Waals surface area contributed by atoms with Crippen LogP contribution in [0.5, 0.6) is 0 Å². The van der Waals surface area contributed by atoms with Crippen LogP contribution in [0.2, 0.25) is 0 Å². The average molecular weight is 1010 g/mol. The van der Waals surface area contributed by atoms with E-state index in [0.717, 1.165) is 22.5 Å². The van der Waals surface area contributed by atoms with Crippen molar-refractivity contribution in [2.45, 2.75) is 26.9 Å². The molecule has 2 aromatic rings. The Balaban J connectivity index is 0.000000313. The number of nitrogens with zero attached hydrogens (tertiary/aromatic N) is 8. The van der Waals surface area contributed by atoms with Crippen molar-refractivity contribution < 1.29 is 40.9 Å². The van der Waals surface area contributed by atoms with E-state index in [1.165, 1.54) is 0 Å². The molecule has 4 heterocycles. The summed E-state index contributed by atoms with van der Waals surface area (Å²) in [5, 5.41) is 66.8. The van der Waals surface area contributed by atoms with E-state index in [2.05, 4.69) is 29.9 Å². The van der Waals surface area contributed by atoms with E-state index in [1.54, 1.807) is 9.13 Å². The molecule has 4 aliphatic rings. The standard InChI is InChI=1S/2C19H23Cl2N5O4.2CH4O2/c1-11-6-15-13(7-14(11)25(4-2-20)5-3-21)22-16-17(23-19(30)24-18(16)29)26(15)8-12(9-27)10-28;1-11-6-13-15(7-14(11)25(4-2-20)5-3-21)26(8-12(9-27)10-28)17-16(22-13)18(29)24-19(30)23-17;2*2-1-3/h2*6-7,12,27-28H,2-5,8-10H2,1H3,(H,24,29,30);2*2-3H,1H2. The zero-order valence-corrected chi connectivity index (χ0v) is 39.1. The number of benzene rings is 2. The molecule has 0 spiro atoms. The number of halogens is 4. The summed E-state index contributed by atoms with van der Waals surface area (Å²) in [5.41, 5.74) is 3.05. The number of hydrogen-bond acceptors (Lipinski definition) is 18. The molecule has 0 saturated carbocycles. The van der Waals surface area contributed by atoms with Crippen LogP contribution in [0.1, 0.15) is 11.1 Å². The third-order valence-electron chi connectivity index (χ3n) is 9.87. The summed E-state index contributed by atoms with van der Waals surface area (Å²) in [6.45, 7) is 3.93. The van der Waals surface area contributed by atoms with E-state index in [1.807, 2.05) is 47.9 Å². The van der Waals surface area contributed by atoms with Crippen LogP contribution in [0, 0.1) is 25.7 Å². The average Bonchev–Trinajstić information content (AvgIpc) is 3.27. The Hall–Kier alpha value is -4.56. The Morgan fingerprint density at radius 2 is 0.864 bits per heavy atom. The molecule has 66 heavy (non-hydrogen) atoms. The van der Waals surface area contributed by atoms with Crippen LogP contribution < -0.4 is 32.3 Å². The van der Waals surface area contributed by atoms with Gasteiger partial charge in [-0.3, -0.25) is 19.6 Å². The van der Waals surface area contributed by atoms with Gasteiger partial charge in [0.05, 0.1) is 22.1 Å². The molecule has 364 valence electrons. The third kappa shape index (κ3) is 14.2. The van der Waals surface area contributed by atoms with Crippen LogP contribution in [0.25, 0.3) is 45.1 Å². The summed E-state index contributed by atoms with van der Waals surface area (Å²) in [5.74, 6) is 0.868. The second-order valence-corrected chi connectivity index (χ2v) is 15.8. The molecule has 2 aromatic carbocycles. The molecule has 0 radical (unpaired) electrons. The van der Waals surface area contributed by atoms with Crippen molar-refractivity contribution in [3.63, 3.8) is 0 Å². The number of hydrogen-bond donors (Lipinski definition) is 10. The zero-order chi connectivity index (χ0) is 49.1. The number of rotatable bonds is 18. The van der Waals surface area contributed by atoms with E-state index in [-0.39, 0.29) is 62.6 Å². The van der Waals surface area contributed by atoms with Gasteiger partial charge < -0.3 is 59.8 Å². The number of nitrogens with one attached hydrogen (secondary N) is 2. The lowest BCUT2D eigenvalue weighted by Gasteiger charge is -2.27. The van der Waals surface area contributed by atoms with Crippen molar-refractivity contribution in [2.24, 2.45) is 11.8 Å². The summed E-state index contributed by atoms with van der Waals surface area (Å²) in [7, 11) is 0. The van der Waals surface area contributed by atoms with Gasteiger partial charge in [0.2, 0.25) is 0 Å². The number of aromatic amines is 2. The largest absolute Gasteiger partial charge is 0.396 e. The molecule has 0 fully saturated rings. The highest BCUT2D eigenvalue weighted by Gasteiger charge is 2.24. The van der Waals surface area contributed by atoms with Crippen molar-refractivity contribution in [1.82, 2.24) is 39.0 Å². The lowest BCUT2D eigenvalue weighted by Crippen LogP contribution is -2.31. The van der Waals surface area contributed by atoms with Crippen LogP contribution >= 0.6 is 46.4 Å². The number of anilines is 2. The smallest absolute Gasteiger partial charge is 0.349 e. The second kappa shape index (κ2) is 27.9. The maximum atomic E-state index is 12.4. The van der Waals surface area contributed by atoms with E-state index in [9.17, 15) is 39.6 Å². The molecule has 0 saturated heterocycles.